The average Bonchev–Trinajstić information content (AvgIpc) is 4.00. The largest absolute Gasteiger partial charge is 0.493 e. The van der Waals surface area contributed by atoms with Gasteiger partial charge >= 0.3 is 6.09 Å². The summed E-state index contributed by atoms with van der Waals surface area (Å²) in [6.45, 7) is 4.80. The summed E-state index contributed by atoms with van der Waals surface area (Å²) in [7, 11) is 1.59. The first-order chi connectivity index (χ1) is 34.7. The number of hydrogen-bond donors (Lipinski definition) is 6. The van der Waals surface area contributed by atoms with Gasteiger partial charge in [-0.05, 0) is 79.9 Å². The number of anilines is 5. The number of H-pyrrole nitrogens is 1. The molecule has 20 heteroatoms. The van der Waals surface area contributed by atoms with Crippen molar-refractivity contribution in [2.45, 2.75) is 51.6 Å². The fourth-order valence-electron chi connectivity index (χ4n) is 7.96. The number of ether oxygens (including phenoxy) is 4. The lowest BCUT2D eigenvalue weighted by molar-refractivity contribution is -0.129. The number of hydrogen-bond acceptors (Lipinski definition) is 15. The number of terminal acetylenes is 1. The fraction of sp³-hybridized carbons (Fsp3) is 0.275. The van der Waals surface area contributed by atoms with E-state index in [4.69, 9.17) is 30.6 Å². The van der Waals surface area contributed by atoms with Crippen LogP contribution in [0.4, 0.5) is 37.9 Å². The zero-order valence-corrected chi connectivity index (χ0v) is 39.2. The number of aromatic nitrogens is 7. The zero-order valence-electron chi connectivity index (χ0n) is 39.2. The molecule has 1 fully saturated rings. The van der Waals surface area contributed by atoms with Crippen LogP contribution in [0, 0.1) is 25.1 Å². The van der Waals surface area contributed by atoms with Crippen LogP contribution in [0.3, 0.4) is 0 Å². The average molecular weight is 965 g/mol. The Bertz CT molecular complexity index is 3150. The van der Waals surface area contributed by atoms with Gasteiger partial charge in [-0.15, -0.1) is 6.42 Å². The van der Waals surface area contributed by atoms with Gasteiger partial charge in [0.25, 0.3) is 0 Å². The second-order valence-electron chi connectivity index (χ2n) is 16.5. The summed E-state index contributed by atoms with van der Waals surface area (Å²) in [5, 5.41) is 31.1. The van der Waals surface area contributed by atoms with E-state index >= 15 is 0 Å². The summed E-state index contributed by atoms with van der Waals surface area (Å²) >= 11 is 0. The molecule has 0 bridgehead atoms. The molecule has 6 N–H and O–H groups in total. The Balaban J connectivity index is 0.000000195. The van der Waals surface area contributed by atoms with Gasteiger partial charge in [-0.1, -0.05) is 37.0 Å². The van der Waals surface area contributed by atoms with E-state index in [0.29, 0.717) is 67.1 Å². The first-order valence-corrected chi connectivity index (χ1v) is 22.9. The van der Waals surface area contributed by atoms with Crippen LogP contribution in [0.1, 0.15) is 48.8 Å². The van der Waals surface area contributed by atoms with Crippen molar-refractivity contribution in [3.05, 3.63) is 126 Å². The Labute approximate surface area is 408 Å². The predicted octanol–water partition coefficient (Wildman–Crippen LogP) is 8.13. The Morgan fingerprint density at radius 1 is 1.01 bits per heavy atom. The molecule has 4 aromatic carbocycles. The lowest BCUT2D eigenvalue weighted by Crippen LogP contribution is -2.44. The topological polar surface area (TPSA) is 227 Å². The van der Waals surface area contributed by atoms with Crippen LogP contribution in [-0.4, -0.2) is 98.1 Å². The zero-order chi connectivity index (χ0) is 49.5. The van der Waals surface area contributed by atoms with Gasteiger partial charge in [0.2, 0.25) is 5.91 Å². The summed E-state index contributed by atoms with van der Waals surface area (Å²) in [5.41, 5.74) is 8.47. The Kier molecular flexibility index (Phi) is 16.4. The van der Waals surface area contributed by atoms with Crippen molar-refractivity contribution in [3.63, 3.8) is 0 Å². The molecule has 19 nitrogen and oxygen atoms in total. The molecular weight excluding hydrogens is 912 g/mol. The minimum atomic E-state index is -0.571. The number of nitrogens with zero attached hydrogens (tertiary/aromatic N) is 7. The third-order valence-electron chi connectivity index (χ3n) is 11.6. The fourth-order valence-corrected chi connectivity index (χ4v) is 7.96. The quantitative estimate of drug-likeness (QED) is 0.0207. The van der Waals surface area contributed by atoms with E-state index in [9.17, 15) is 14.0 Å². The normalized spacial score (nSPS) is 13.2. The first-order valence-electron chi connectivity index (χ1n) is 22.9. The summed E-state index contributed by atoms with van der Waals surface area (Å²) in [4.78, 5) is 39.0. The van der Waals surface area contributed by atoms with Crippen LogP contribution < -0.4 is 35.8 Å². The molecule has 9 rings (SSSR count). The molecule has 5 heterocycles. The molecule has 0 aliphatic carbocycles. The SMILES string of the molecule is C#Cc1cccc(Nc2ncnc3cc(OC)c(OCCCCCCC(=O)NO)cc23)c1.Cc1c(NC(=O)OC[C@@H]2COCCN2)cn2ncnc(N(Cc3cccc(F)c3)c3ccc4[nH]ncc4c3)c12. The maximum absolute atomic E-state index is 14.1. The van der Waals surface area contributed by atoms with Gasteiger partial charge in [0.05, 0.1) is 62.1 Å². The number of fused-ring (bicyclic) bond motifs is 3. The van der Waals surface area contributed by atoms with Gasteiger partial charge in [0.1, 0.15) is 36.4 Å². The molecule has 71 heavy (non-hydrogen) atoms. The maximum atomic E-state index is 14.1. The van der Waals surface area contributed by atoms with Gasteiger partial charge in [-0.2, -0.15) is 10.2 Å². The molecule has 0 spiro atoms. The molecule has 0 radical (unpaired) electrons. The number of methoxy groups -OCH3 is 1. The van der Waals surface area contributed by atoms with Gasteiger partial charge in [-0.3, -0.25) is 20.4 Å². The van der Waals surface area contributed by atoms with Crippen LogP contribution in [-0.2, 0) is 20.8 Å². The van der Waals surface area contributed by atoms with E-state index in [-0.39, 0.29) is 24.4 Å². The third kappa shape index (κ3) is 12.6. The maximum Gasteiger partial charge on any atom is 0.411 e. The molecule has 2 amide bonds. The van der Waals surface area contributed by atoms with Gasteiger partial charge in [-0.25, -0.2) is 34.1 Å². The van der Waals surface area contributed by atoms with Crippen LogP contribution in [0.2, 0.25) is 0 Å². The van der Waals surface area contributed by atoms with Crippen molar-refractivity contribution < 1.29 is 38.1 Å². The van der Waals surface area contributed by atoms with E-state index in [1.165, 1.54) is 24.8 Å². The lowest BCUT2D eigenvalue weighted by atomic mass is 10.1. The van der Waals surface area contributed by atoms with Crippen LogP contribution >= 0.6 is 0 Å². The van der Waals surface area contributed by atoms with Gasteiger partial charge in [0.15, 0.2) is 17.3 Å². The molecule has 4 aromatic heterocycles. The van der Waals surface area contributed by atoms with Crippen molar-refractivity contribution >= 4 is 68.0 Å². The number of aryl methyl sites for hydroxylation is 1. The third-order valence-corrected chi connectivity index (χ3v) is 11.6. The molecule has 0 saturated carbocycles. The Morgan fingerprint density at radius 3 is 2.70 bits per heavy atom. The second-order valence-corrected chi connectivity index (χ2v) is 16.5. The molecule has 1 aliphatic rings. The monoisotopic (exact) mass is 964 g/mol. The summed E-state index contributed by atoms with van der Waals surface area (Å²) in [6.07, 6.45) is 15.0. The van der Waals surface area contributed by atoms with Gasteiger partial charge < -0.3 is 34.5 Å². The number of benzene rings is 4. The second kappa shape index (κ2) is 23.8. The lowest BCUT2D eigenvalue weighted by Gasteiger charge is -2.25. The van der Waals surface area contributed by atoms with Crippen LogP contribution in [0.25, 0.3) is 27.3 Å². The molecule has 1 aliphatic heterocycles. The summed E-state index contributed by atoms with van der Waals surface area (Å²) in [6, 6.07) is 23.5. The highest BCUT2D eigenvalue weighted by Gasteiger charge is 2.23. The van der Waals surface area contributed by atoms with Crippen molar-refractivity contribution in [1.29, 1.82) is 0 Å². The molecule has 1 atom stereocenters. The highest BCUT2D eigenvalue weighted by atomic mass is 19.1. The van der Waals surface area contributed by atoms with Gasteiger partial charge in [0, 0.05) is 58.9 Å². The minimum Gasteiger partial charge on any atom is -0.493 e. The number of carbonyl (C=O) groups excluding carboxylic acids is 2. The first kappa shape index (κ1) is 49.1. The van der Waals surface area contributed by atoms with Crippen LogP contribution in [0.5, 0.6) is 11.5 Å². The number of aromatic amines is 1. The number of rotatable bonds is 18. The van der Waals surface area contributed by atoms with E-state index in [1.54, 1.807) is 35.6 Å². The van der Waals surface area contributed by atoms with Crippen molar-refractivity contribution in [1.82, 2.24) is 45.6 Å². The smallest absolute Gasteiger partial charge is 0.411 e. The highest BCUT2D eigenvalue weighted by Crippen LogP contribution is 2.37. The molecule has 8 aromatic rings. The Hall–Kier alpha value is -8.38. The number of carbonyl (C=O) groups is 2. The number of nitrogens with one attached hydrogen (secondary N) is 5. The standard InChI is InChI=1S/C27H27FN8O3.C24H26N4O4/c1-17-24(33-27(37)39-15-21-14-38-8-7-29-21)13-36-25(17)26(30-16-32-36)35(12-18-3-2-4-20(28)9-18)22-5-6-23-19(10-22)11-31-34-23;1-3-17-9-8-10-18(13-17)27-24-19-14-22(21(31-2)15-20(19)25-16-26-24)32-12-7-5-4-6-11-23(29)28-30/h2-6,9-11,13,16,21,29H,7-8,12,14-15H2,1H3,(H,31,34)(H,33,37);1,8-10,13-16,30H,4-7,11-12H2,2H3,(H,28,29)(H,25,26,27)/t21-;/m0./s1. The van der Waals surface area contributed by atoms with E-state index < -0.39 is 6.09 Å². The highest BCUT2D eigenvalue weighted by molar-refractivity contribution is 5.94. The number of morpholine rings is 1. The minimum absolute atomic E-state index is 0.0416. The molecule has 366 valence electrons. The molecular formula is C51H53FN12O7. The van der Waals surface area contributed by atoms with Crippen LogP contribution in [0.15, 0.2) is 104 Å². The van der Waals surface area contributed by atoms with E-state index in [1.807, 2.05) is 72.5 Å². The van der Waals surface area contributed by atoms with Crippen molar-refractivity contribution in [2.24, 2.45) is 0 Å². The van der Waals surface area contributed by atoms with Crippen molar-refractivity contribution in [2.75, 3.05) is 55.6 Å². The summed E-state index contributed by atoms with van der Waals surface area (Å²) in [5.74, 6) is 4.38. The molecule has 1 saturated heterocycles. The molecule has 0 unspecified atom stereocenters. The number of halogens is 1. The predicted molar refractivity (Wildman–Crippen MR) is 266 cm³/mol. The summed E-state index contributed by atoms with van der Waals surface area (Å²) < 4.78 is 38.0. The number of hydroxylamine groups is 1. The number of unbranched alkanes of at least 4 members (excludes halogenated alkanes) is 3. The van der Waals surface area contributed by atoms with E-state index in [2.05, 4.69) is 52.1 Å². The van der Waals surface area contributed by atoms with Crippen molar-refractivity contribution in [3.8, 4) is 23.8 Å². The number of amides is 2. The van der Waals surface area contributed by atoms with E-state index in [0.717, 1.165) is 82.1 Å². The Morgan fingerprint density at radius 2 is 1.89 bits per heavy atom.